The van der Waals surface area contributed by atoms with E-state index in [1.165, 1.54) is 0 Å². The molecule has 2 aliphatic rings. The van der Waals surface area contributed by atoms with Gasteiger partial charge in [0.25, 0.3) is 0 Å². The van der Waals surface area contributed by atoms with Crippen LogP contribution in [0.1, 0.15) is 79.3 Å². The summed E-state index contributed by atoms with van der Waals surface area (Å²) in [6, 6.07) is 11.1. The molecule has 2 saturated heterocycles. The van der Waals surface area contributed by atoms with Gasteiger partial charge in [0.15, 0.2) is 0 Å². The van der Waals surface area contributed by atoms with Crippen molar-refractivity contribution in [3.05, 3.63) is 63.9 Å². The van der Waals surface area contributed by atoms with Gasteiger partial charge >= 0.3 is 0 Å². The number of nitrogens with zero attached hydrogens (tertiary/aromatic N) is 9. The lowest BCUT2D eigenvalue weighted by molar-refractivity contribution is 0.0992. The summed E-state index contributed by atoms with van der Waals surface area (Å²) < 4.78 is 0. The molecule has 338 valence electrons. The summed E-state index contributed by atoms with van der Waals surface area (Å²) in [5.41, 5.74) is 15.0. The van der Waals surface area contributed by atoms with Crippen molar-refractivity contribution in [1.29, 1.82) is 0 Å². The second-order valence-corrected chi connectivity index (χ2v) is 16.9. The number of rotatable bonds is 16. The Labute approximate surface area is 371 Å². The number of likely N-dealkylation sites (tertiary alicyclic amines) is 1. The van der Waals surface area contributed by atoms with E-state index in [4.69, 9.17) is 23.1 Å². The van der Waals surface area contributed by atoms with E-state index in [0.717, 1.165) is 81.4 Å². The number of hydrogen-bond acceptors (Lipinski definition) is 16. The van der Waals surface area contributed by atoms with Crippen LogP contribution >= 0.6 is 11.6 Å². The molecule has 62 heavy (non-hydrogen) atoms. The Morgan fingerprint density at radius 2 is 1.44 bits per heavy atom. The first kappa shape index (κ1) is 49.2. The Morgan fingerprint density at radius 3 is 1.90 bits per heavy atom. The van der Waals surface area contributed by atoms with Crippen LogP contribution in [0.15, 0.2) is 36.4 Å². The molecule has 0 unspecified atom stereocenters. The molecule has 2 aromatic carbocycles. The lowest BCUT2D eigenvalue weighted by Gasteiger charge is -2.27. The fourth-order valence-corrected chi connectivity index (χ4v) is 7.12. The fourth-order valence-electron chi connectivity index (χ4n) is 6.97. The summed E-state index contributed by atoms with van der Waals surface area (Å²) >= 11 is 6.16. The predicted octanol–water partition coefficient (Wildman–Crippen LogP) is 4.96. The van der Waals surface area contributed by atoms with Crippen molar-refractivity contribution in [3.63, 3.8) is 0 Å². The molecular weight excluding hydrogens is 808 g/mol. The van der Waals surface area contributed by atoms with Crippen molar-refractivity contribution in [2.24, 2.45) is 23.3 Å². The number of primary amides is 2. The van der Waals surface area contributed by atoms with Gasteiger partial charge in [0, 0.05) is 67.8 Å². The molecule has 4 aromatic rings. The molecule has 18 nitrogen and oxygen atoms in total. The summed E-state index contributed by atoms with van der Waals surface area (Å²) in [4.78, 5) is 56.3. The number of amides is 2. The van der Waals surface area contributed by atoms with Crippen molar-refractivity contribution >= 4 is 64.5 Å². The van der Waals surface area contributed by atoms with E-state index in [9.17, 15) is 9.59 Å². The van der Waals surface area contributed by atoms with E-state index >= 15 is 0 Å². The lowest BCUT2D eigenvalue weighted by Crippen LogP contribution is -2.38. The van der Waals surface area contributed by atoms with Gasteiger partial charge in [0.2, 0.25) is 46.8 Å². The number of anilines is 7. The fraction of sp³-hybridized carbons (Fsp3) is 0.535. The van der Waals surface area contributed by atoms with E-state index < -0.39 is 11.8 Å². The number of nitrogens with two attached hydrogens (primary N) is 2. The third kappa shape index (κ3) is 15.2. The first-order valence-electron chi connectivity index (χ1n) is 21.3. The number of hydrogen-bond donors (Lipinski definition) is 7. The molecule has 0 radical (unpaired) electrons. The number of halogens is 1. The minimum Gasteiger partial charge on any atom is -0.366 e. The van der Waals surface area contributed by atoms with E-state index in [1.807, 2.05) is 45.0 Å². The maximum Gasteiger partial charge on any atom is 0.248 e. The smallest absolute Gasteiger partial charge is 0.248 e. The van der Waals surface area contributed by atoms with Gasteiger partial charge < -0.3 is 52.8 Å². The minimum atomic E-state index is -0.491. The predicted molar refractivity (Wildman–Crippen MR) is 251 cm³/mol. The van der Waals surface area contributed by atoms with Gasteiger partial charge in [-0.1, -0.05) is 39.8 Å². The van der Waals surface area contributed by atoms with Crippen LogP contribution in [-0.4, -0.2) is 126 Å². The first-order chi connectivity index (χ1) is 29.5. The van der Waals surface area contributed by atoms with Crippen LogP contribution in [0.4, 0.5) is 41.1 Å². The largest absolute Gasteiger partial charge is 0.366 e. The number of likely N-dealkylation sites (N-methyl/N-ethyl adjacent to an activating group) is 2. The summed E-state index contributed by atoms with van der Waals surface area (Å²) in [6.07, 6.45) is 2.07. The highest BCUT2D eigenvalue weighted by atomic mass is 35.5. The van der Waals surface area contributed by atoms with Gasteiger partial charge in [-0.3, -0.25) is 9.59 Å². The maximum atomic E-state index is 11.5. The normalized spacial score (nSPS) is 16.0. The summed E-state index contributed by atoms with van der Waals surface area (Å²) in [5, 5.41) is 16.3. The second-order valence-electron chi connectivity index (χ2n) is 16.6. The van der Waals surface area contributed by atoms with Crippen molar-refractivity contribution in [3.8, 4) is 0 Å². The molecular formula is C43H67ClN16O2. The van der Waals surface area contributed by atoms with Gasteiger partial charge in [-0.25, -0.2) is 0 Å². The number of carbonyl (C=O) groups is 2. The molecule has 0 saturated carbocycles. The Kier molecular flexibility index (Phi) is 18.8. The summed E-state index contributed by atoms with van der Waals surface area (Å²) in [5.74, 6) is 2.71. The zero-order chi connectivity index (χ0) is 45.5. The van der Waals surface area contributed by atoms with Crippen molar-refractivity contribution in [1.82, 2.24) is 45.4 Å². The maximum absolute atomic E-state index is 11.5. The third-order valence-corrected chi connectivity index (χ3v) is 10.3. The van der Waals surface area contributed by atoms with Crippen LogP contribution < -0.4 is 47.9 Å². The van der Waals surface area contributed by atoms with Gasteiger partial charge in [-0.15, -0.1) is 0 Å². The third-order valence-electron chi connectivity index (χ3n) is 10.1. The highest BCUT2D eigenvalue weighted by Gasteiger charge is 2.27. The highest BCUT2D eigenvalue weighted by molar-refractivity contribution is 6.28. The van der Waals surface area contributed by atoms with Gasteiger partial charge in [0.05, 0.1) is 0 Å². The van der Waals surface area contributed by atoms with Crippen LogP contribution in [-0.2, 0) is 0 Å². The number of carbonyl (C=O) groups excluding carboxylic acids is 2. The van der Waals surface area contributed by atoms with Crippen molar-refractivity contribution < 1.29 is 9.59 Å². The van der Waals surface area contributed by atoms with E-state index in [0.29, 0.717) is 58.5 Å². The zero-order valence-corrected chi connectivity index (χ0v) is 38.8. The van der Waals surface area contributed by atoms with Crippen LogP contribution in [0.3, 0.4) is 0 Å². The molecule has 9 N–H and O–H groups in total. The van der Waals surface area contributed by atoms with Crippen molar-refractivity contribution in [2.45, 2.75) is 73.4 Å². The first-order valence-corrected chi connectivity index (χ1v) is 21.6. The minimum absolute atomic E-state index is 0.121. The number of aromatic nitrogens is 6. The van der Waals surface area contributed by atoms with E-state index in [-0.39, 0.29) is 11.3 Å². The molecule has 0 bridgehead atoms. The number of aryl methyl sites for hydroxylation is 2. The summed E-state index contributed by atoms with van der Waals surface area (Å²) in [7, 11) is 6.05. The lowest BCUT2D eigenvalue weighted by atomic mass is 10.1. The molecule has 19 heteroatoms. The summed E-state index contributed by atoms with van der Waals surface area (Å²) in [6.45, 7) is 21.2. The van der Waals surface area contributed by atoms with Gasteiger partial charge in [0.1, 0.15) is 0 Å². The molecule has 2 aromatic heterocycles. The second kappa shape index (κ2) is 23.7. The van der Waals surface area contributed by atoms with Crippen LogP contribution in [0.25, 0.3) is 0 Å². The number of benzene rings is 2. The molecule has 0 aliphatic carbocycles. The molecule has 2 fully saturated rings. The molecule has 0 spiro atoms. The topological polar surface area (TPSA) is 233 Å². The molecule has 6 rings (SSSR count). The van der Waals surface area contributed by atoms with Gasteiger partial charge in [-0.2, -0.15) is 29.9 Å². The Bertz CT molecular complexity index is 2080. The average Bonchev–Trinajstić information content (AvgIpc) is 3.88. The SMILES string of the molecule is CCN(c1nc(Cl)nc(Nc2cc(C(N)=O)ccc2C)n1)[C@@H]1CCN(C)C1.CNCC(C)C.Cc1ccc(C(N)=O)cc1Nc1nc(N[C@@H]2CCNC2)nc(N(C)CC(C)C)n1. The highest BCUT2D eigenvalue weighted by Crippen LogP contribution is 2.26. The molecule has 2 amide bonds. The Balaban J connectivity index is 0.000000241. The monoisotopic (exact) mass is 875 g/mol. The zero-order valence-electron chi connectivity index (χ0n) is 38.0. The molecule has 2 aliphatic heterocycles. The van der Waals surface area contributed by atoms with Crippen LogP contribution in [0.5, 0.6) is 0 Å². The van der Waals surface area contributed by atoms with Crippen LogP contribution in [0, 0.1) is 25.7 Å². The van der Waals surface area contributed by atoms with Gasteiger partial charge in [-0.05, 0) is 126 Å². The average molecular weight is 876 g/mol. The van der Waals surface area contributed by atoms with E-state index in [2.05, 4.69) is 108 Å². The Hall–Kier alpha value is -5.43. The standard InChI is InChI=1S/C20H30N8O.C18H24ClN7O.C5H13N/c1-12(2)11-28(4)20-26-18(23-15-7-8-22-10-15)25-19(27-20)24-16-9-14(17(21)29)6-5-13(16)3;1-4-26(13-7-8-25(3)10-13)18-23-16(19)22-17(24-18)21-14-9-12(15(20)27)6-5-11(14)2;1-5(2)4-6-3/h5-6,9,12,15,22H,7-8,10-11H2,1-4H3,(H2,21,29)(H2,23,24,25,26,27);5-6,9,13H,4,7-8,10H2,1-3H3,(H2,20,27)(H,21,22,23,24);5-6H,4H2,1-3H3/t15-;13-;/m11./s1. The van der Waals surface area contributed by atoms with Crippen LogP contribution in [0.2, 0.25) is 5.28 Å². The quantitative estimate of drug-likeness (QED) is 0.0789. The van der Waals surface area contributed by atoms with Crippen molar-refractivity contribution in [2.75, 3.05) is 92.7 Å². The molecule has 4 heterocycles. The Morgan fingerprint density at radius 1 is 0.855 bits per heavy atom. The number of nitrogens with one attached hydrogen (secondary N) is 5. The molecule has 2 atom stereocenters. The van der Waals surface area contributed by atoms with E-state index in [1.54, 1.807) is 24.3 Å².